The van der Waals surface area contributed by atoms with Gasteiger partial charge in [-0.3, -0.25) is 0 Å². The third-order valence-electron chi connectivity index (χ3n) is 3.60. The lowest BCUT2D eigenvalue weighted by Crippen LogP contribution is -2.15. The van der Waals surface area contributed by atoms with Crippen LogP contribution in [0.5, 0.6) is 0 Å². The number of nitrogens with zero attached hydrogens (tertiary/aromatic N) is 1. The molecule has 1 N–H and O–H groups in total. The van der Waals surface area contributed by atoms with Crippen molar-refractivity contribution in [3.8, 4) is 11.3 Å². The third-order valence-corrected chi connectivity index (χ3v) is 3.89. The van der Waals surface area contributed by atoms with E-state index in [9.17, 15) is 4.39 Å². The van der Waals surface area contributed by atoms with Crippen LogP contribution >= 0.6 is 11.6 Å². The first kappa shape index (κ1) is 15.8. The Morgan fingerprint density at radius 1 is 1.13 bits per heavy atom. The highest BCUT2D eigenvalue weighted by Crippen LogP contribution is 2.26. The van der Waals surface area contributed by atoms with Gasteiger partial charge in [0.25, 0.3) is 0 Å². The van der Waals surface area contributed by atoms with E-state index in [-0.39, 0.29) is 5.02 Å². The van der Waals surface area contributed by atoms with Gasteiger partial charge in [0.2, 0.25) is 0 Å². The van der Waals surface area contributed by atoms with Crippen LogP contribution in [0.3, 0.4) is 0 Å². The highest BCUT2D eigenvalue weighted by molar-refractivity contribution is 6.31. The van der Waals surface area contributed by atoms with Crippen molar-refractivity contribution in [3.63, 3.8) is 0 Å². The summed E-state index contributed by atoms with van der Waals surface area (Å²) in [5.74, 6) is 1.11. The molecule has 0 unspecified atom stereocenters. The molecule has 1 aromatic carbocycles. The molecule has 0 amide bonds. The maximum atomic E-state index is 13.2. The first-order valence-electron chi connectivity index (χ1n) is 7.58. The first-order chi connectivity index (χ1) is 11.2. The summed E-state index contributed by atoms with van der Waals surface area (Å²) in [4.78, 5) is 0. The lowest BCUT2D eigenvalue weighted by molar-refractivity contribution is 0.485. The average Bonchev–Trinajstić information content (AvgIpc) is 3.21. The molecule has 23 heavy (non-hydrogen) atoms. The Balaban J connectivity index is 1.48. The van der Waals surface area contributed by atoms with E-state index < -0.39 is 5.82 Å². The van der Waals surface area contributed by atoms with Crippen LogP contribution in [-0.2, 0) is 13.1 Å². The topological polar surface area (TPSA) is 30.1 Å². The second kappa shape index (κ2) is 7.49. The molecule has 0 bridgehead atoms. The normalized spacial score (nSPS) is 11.0. The predicted molar refractivity (Wildman–Crippen MR) is 89.9 cm³/mol. The highest BCUT2D eigenvalue weighted by Gasteiger charge is 2.07. The van der Waals surface area contributed by atoms with Crippen molar-refractivity contribution in [3.05, 3.63) is 71.5 Å². The Labute approximate surface area is 139 Å². The molecule has 2 aromatic heterocycles. The van der Waals surface area contributed by atoms with Gasteiger partial charge in [0.05, 0.1) is 11.6 Å². The largest absolute Gasteiger partial charge is 0.460 e. The van der Waals surface area contributed by atoms with Gasteiger partial charge in [0.15, 0.2) is 0 Å². The molecule has 0 radical (unpaired) electrons. The minimum absolute atomic E-state index is 0.101. The molecule has 3 aromatic rings. The van der Waals surface area contributed by atoms with E-state index >= 15 is 0 Å². The minimum atomic E-state index is -0.424. The monoisotopic (exact) mass is 332 g/mol. The predicted octanol–water partition coefficient (Wildman–Crippen LogP) is 4.72. The van der Waals surface area contributed by atoms with Gasteiger partial charge in [0, 0.05) is 24.5 Å². The molecule has 5 heteroatoms. The zero-order valence-electron chi connectivity index (χ0n) is 12.6. The van der Waals surface area contributed by atoms with Gasteiger partial charge in [-0.2, -0.15) is 0 Å². The van der Waals surface area contributed by atoms with Crippen LogP contribution in [0.25, 0.3) is 11.3 Å². The van der Waals surface area contributed by atoms with Crippen molar-refractivity contribution >= 4 is 11.6 Å². The van der Waals surface area contributed by atoms with E-state index in [4.69, 9.17) is 16.0 Å². The fraction of sp³-hybridized carbons (Fsp3) is 0.222. The van der Waals surface area contributed by atoms with Crippen LogP contribution in [0.15, 0.2) is 59.3 Å². The second-order valence-corrected chi connectivity index (χ2v) is 5.75. The van der Waals surface area contributed by atoms with E-state index in [1.807, 2.05) is 24.3 Å². The standard InChI is InChI=1S/C18H18ClFN2O/c19-16-12-14(4-6-17(16)20)18-7-5-15(23-18)13-21-8-3-11-22-9-1-2-10-22/h1-2,4-7,9-10,12,21H,3,8,11,13H2. The number of furan rings is 1. The summed E-state index contributed by atoms with van der Waals surface area (Å²) in [6.07, 6.45) is 5.18. The average molecular weight is 333 g/mol. The van der Waals surface area contributed by atoms with Crippen LogP contribution in [0.1, 0.15) is 12.2 Å². The molecule has 0 saturated heterocycles. The Hall–Kier alpha value is -2.04. The van der Waals surface area contributed by atoms with E-state index in [1.165, 1.54) is 6.07 Å². The number of aromatic nitrogens is 1. The maximum Gasteiger partial charge on any atom is 0.141 e. The lowest BCUT2D eigenvalue weighted by Gasteiger charge is -2.04. The third kappa shape index (κ3) is 4.24. The number of benzene rings is 1. The fourth-order valence-electron chi connectivity index (χ4n) is 2.39. The van der Waals surface area contributed by atoms with Crippen molar-refractivity contribution in [1.82, 2.24) is 9.88 Å². The van der Waals surface area contributed by atoms with E-state index in [1.54, 1.807) is 12.1 Å². The van der Waals surface area contributed by atoms with Crippen molar-refractivity contribution in [2.24, 2.45) is 0 Å². The SMILES string of the molecule is Fc1ccc(-c2ccc(CNCCCn3cccc3)o2)cc1Cl. The summed E-state index contributed by atoms with van der Waals surface area (Å²) >= 11 is 5.80. The molecular weight excluding hydrogens is 315 g/mol. The molecule has 3 nitrogen and oxygen atoms in total. The van der Waals surface area contributed by atoms with Crippen molar-refractivity contribution in [1.29, 1.82) is 0 Å². The van der Waals surface area contributed by atoms with Gasteiger partial charge in [0.1, 0.15) is 17.3 Å². The van der Waals surface area contributed by atoms with Gasteiger partial charge < -0.3 is 14.3 Å². The van der Waals surface area contributed by atoms with Gasteiger partial charge in [-0.15, -0.1) is 0 Å². The molecule has 0 aliphatic rings. The smallest absolute Gasteiger partial charge is 0.141 e. The molecule has 120 valence electrons. The van der Waals surface area contributed by atoms with Crippen LogP contribution in [0.4, 0.5) is 4.39 Å². The number of hydrogen-bond acceptors (Lipinski definition) is 2. The number of rotatable bonds is 7. The highest BCUT2D eigenvalue weighted by atomic mass is 35.5. The zero-order chi connectivity index (χ0) is 16.1. The summed E-state index contributed by atoms with van der Waals surface area (Å²) in [6, 6.07) is 12.4. The second-order valence-electron chi connectivity index (χ2n) is 5.35. The zero-order valence-corrected chi connectivity index (χ0v) is 13.4. The molecule has 2 heterocycles. The lowest BCUT2D eigenvalue weighted by atomic mass is 10.2. The van der Waals surface area contributed by atoms with E-state index in [0.717, 1.165) is 30.8 Å². The fourth-order valence-corrected chi connectivity index (χ4v) is 2.58. The van der Waals surface area contributed by atoms with Gasteiger partial charge in [-0.1, -0.05) is 11.6 Å². The number of aryl methyl sites for hydroxylation is 1. The Bertz CT molecular complexity index is 752. The van der Waals surface area contributed by atoms with Gasteiger partial charge in [-0.05, 0) is 55.4 Å². The Morgan fingerprint density at radius 2 is 1.96 bits per heavy atom. The number of halogens is 2. The first-order valence-corrected chi connectivity index (χ1v) is 7.96. The molecule has 3 rings (SSSR count). The molecule has 0 fully saturated rings. The maximum absolute atomic E-state index is 13.2. The van der Waals surface area contributed by atoms with Crippen molar-refractivity contribution in [2.75, 3.05) is 6.54 Å². The summed E-state index contributed by atoms with van der Waals surface area (Å²) in [7, 11) is 0. The Kier molecular flexibility index (Phi) is 5.16. The molecule has 0 saturated carbocycles. The summed E-state index contributed by atoms with van der Waals surface area (Å²) in [5.41, 5.74) is 0.773. The molecule has 0 spiro atoms. The minimum Gasteiger partial charge on any atom is -0.460 e. The molecule has 0 aliphatic heterocycles. The summed E-state index contributed by atoms with van der Waals surface area (Å²) in [6.45, 7) is 2.58. The Morgan fingerprint density at radius 3 is 2.74 bits per heavy atom. The molecule has 0 atom stereocenters. The van der Waals surface area contributed by atoms with E-state index in [0.29, 0.717) is 12.3 Å². The summed E-state index contributed by atoms with van der Waals surface area (Å²) < 4.78 is 21.1. The van der Waals surface area contributed by atoms with E-state index in [2.05, 4.69) is 22.3 Å². The van der Waals surface area contributed by atoms with Crippen LogP contribution in [0.2, 0.25) is 5.02 Å². The van der Waals surface area contributed by atoms with Crippen LogP contribution < -0.4 is 5.32 Å². The summed E-state index contributed by atoms with van der Waals surface area (Å²) in [5, 5.41) is 3.46. The number of hydrogen-bond donors (Lipinski definition) is 1. The van der Waals surface area contributed by atoms with Gasteiger partial charge >= 0.3 is 0 Å². The van der Waals surface area contributed by atoms with Crippen LogP contribution in [0, 0.1) is 5.82 Å². The molecule has 0 aliphatic carbocycles. The quantitative estimate of drug-likeness (QED) is 0.634. The van der Waals surface area contributed by atoms with Crippen molar-refractivity contribution < 1.29 is 8.81 Å². The van der Waals surface area contributed by atoms with Crippen LogP contribution in [-0.4, -0.2) is 11.1 Å². The molecular formula is C18H18ClFN2O. The number of nitrogens with one attached hydrogen (secondary N) is 1. The van der Waals surface area contributed by atoms with Crippen molar-refractivity contribution in [2.45, 2.75) is 19.5 Å². The van der Waals surface area contributed by atoms with Gasteiger partial charge in [-0.25, -0.2) is 4.39 Å².